The van der Waals surface area contributed by atoms with Crippen LogP contribution in [0.25, 0.3) is 0 Å². The van der Waals surface area contributed by atoms with Crippen LogP contribution in [0.15, 0.2) is 18.2 Å². The van der Waals surface area contributed by atoms with E-state index in [1.807, 2.05) is 6.92 Å². The van der Waals surface area contributed by atoms with Crippen molar-refractivity contribution in [3.8, 4) is 0 Å². The monoisotopic (exact) mass is 268 g/mol. The first-order chi connectivity index (χ1) is 9.02. The number of benzene rings is 1. The standard InChI is InChI=1S/C14H21FN2O2/c1-3-10(2)19-8-4-5-14(18)17-11-6-7-12(15)13(16)9-11/h6-7,9-10H,3-5,8,16H2,1-2H3,(H,17,18). The second-order valence-corrected chi connectivity index (χ2v) is 4.48. The van der Waals surface area contributed by atoms with Crippen LogP contribution in [-0.4, -0.2) is 18.6 Å². The van der Waals surface area contributed by atoms with Crippen molar-refractivity contribution in [2.24, 2.45) is 0 Å². The molecule has 0 aliphatic rings. The predicted molar refractivity (Wildman–Crippen MR) is 74.4 cm³/mol. The van der Waals surface area contributed by atoms with Gasteiger partial charge >= 0.3 is 0 Å². The number of nitrogens with two attached hydrogens (primary N) is 1. The summed E-state index contributed by atoms with van der Waals surface area (Å²) in [5, 5.41) is 2.67. The van der Waals surface area contributed by atoms with Gasteiger partial charge in [0.15, 0.2) is 0 Å². The summed E-state index contributed by atoms with van der Waals surface area (Å²) in [6, 6.07) is 4.12. The molecule has 0 saturated heterocycles. The van der Waals surface area contributed by atoms with E-state index in [9.17, 15) is 9.18 Å². The van der Waals surface area contributed by atoms with E-state index in [4.69, 9.17) is 10.5 Å². The van der Waals surface area contributed by atoms with Crippen molar-refractivity contribution in [2.45, 2.75) is 39.2 Å². The molecule has 0 aliphatic carbocycles. The van der Waals surface area contributed by atoms with Crippen molar-refractivity contribution in [3.05, 3.63) is 24.0 Å². The molecule has 1 unspecified atom stereocenters. The average Bonchev–Trinajstić information content (AvgIpc) is 2.38. The molecule has 1 atom stereocenters. The molecule has 5 heteroatoms. The fourth-order valence-corrected chi connectivity index (χ4v) is 1.48. The molecule has 1 amide bonds. The van der Waals surface area contributed by atoms with Gasteiger partial charge in [-0.25, -0.2) is 4.39 Å². The molecule has 3 N–H and O–H groups in total. The van der Waals surface area contributed by atoms with Crippen molar-refractivity contribution < 1.29 is 13.9 Å². The van der Waals surface area contributed by atoms with Crippen molar-refractivity contribution in [1.29, 1.82) is 0 Å². The van der Waals surface area contributed by atoms with Crippen molar-refractivity contribution >= 4 is 17.3 Å². The van der Waals surface area contributed by atoms with Gasteiger partial charge in [-0.1, -0.05) is 6.92 Å². The minimum absolute atomic E-state index is 0.0258. The molecule has 0 aliphatic heterocycles. The molecular weight excluding hydrogens is 247 g/mol. The number of carbonyl (C=O) groups excluding carboxylic acids is 1. The van der Waals surface area contributed by atoms with Crippen molar-refractivity contribution in [2.75, 3.05) is 17.7 Å². The molecule has 0 aromatic heterocycles. The lowest BCUT2D eigenvalue weighted by Crippen LogP contribution is -2.14. The molecule has 0 radical (unpaired) electrons. The third kappa shape index (κ3) is 5.70. The zero-order valence-electron chi connectivity index (χ0n) is 11.4. The van der Waals surface area contributed by atoms with Crippen LogP contribution in [0.1, 0.15) is 33.1 Å². The van der Waals surface area contributed by atoms with Gasteiger partial charge in [0.05, 0.1) is 11.8 Å². The molecule has 0 spiro atoms. The number of hydrogen-bond acceptors (Lipinski definition) is 3. The quantitative estimate of drug-likeness (QED) is 0.590. The van der Waals surface area contributed by atoms with Crippen LogP contribution < -0.4 is 11.1 Å². The summed E-state index contributed by atoms with van der Waals surface area (Å²) in [4.78, 5) is 11.6. The highest BCUT2D eigenvalue weighted by Gasteiger charge is 2.05. The molecule has 106 valence electrons. The normalized spacial score (nSPS) is 12.2. The molecule has 0 bridgehead atoms. The van der Waals surface area contributed by atoms with Gasteiger partial charge in [0.1, 0.15) is 5.82 Å². The predicted octanol–water partition coefficient (Wildman–Crippen LogP) is 2.94. The maximum Gasteiger partial charge on any atom is 0.224 e. The Morgan fingerprint density at radius 3 is 2.89 bits per heavy atom. The molecule has 0 heterocycles. The summed E-state index contributed by atoms with van der Waals surface area (Å²) in [6.45, 7) is 4.62. The van der Waals surface area contributed by atoms with E-state index >= 15 is 0 Å². The van der Waals surface area contributed by atoms with Gasteiger partial charge < -0.3 is 15.8 Å². The number of anilines is 2. The average molecular weight is 268 g/mol. The van der Waals surface area contributed by atoms with Gasteiger partial charge in [-0.3, -0.25) is 4.79 Å². The van der Waals surface area contributed by atoms with E-state index in [0.29, 0.717) is 25.1 Å². The number of nitrogens with one attached hydrogen (secondary N) is 1. The van der Waals surface area contributed by atoms with Gasteiger partial charge in [0.25, 0.3) is 0 Å². The molecule has 19 heavy (non-hydrogen) atoms. The zero-order chi connectivity index (χ0) is 14.3. The van der Waals surface area contributed by atoms with Gasteiger partial charge in [-0.05, 0) is 38.0 Å². The SMILES string of the molecule is CCC(C)OCCCC(=O)Nc1ccc(F)c(N)c1. The second-order valence-electron chi connectivity index (χ2n) is 4.48. The van der Waals surface area contributed by atoms with Crippen molar-refractivity contribution in [3.63, 3.8) is 0 Å². The first-order valence-corrected chi connectivity index (χ1v) is 6.49. The Morgan fingerprint density at radius 2 is 2.26 bits per heavy atom. The summed E-state index contributed by atoms with van der Waals surface area (Å²) in [7, 11) is 0. The van der Waals surface area contributed by atoms with E-state index in [1.165, 1.54) is 18.2 Å². The van der Waals surface area contributed by atoms with Crippen LogP contribution in [0.3, 0.4) is 0 Å². The molecule has 1 aromatic rings. The summed E-state index contributed by atoms with van der Waals surface area (Å²) >= 11 is 0. The molecular formula is C14H21FN2O2. The Balaban J connectivity index is 2.29. The van der Waals surface area contributed by atoms with Crippen LogP contribution in [0, 0.1) is 5.82 Å². The number of rotatable bonds is 7. The number of halogens is 1. The zero-order valence-corrected chi connectivity index (χ0v) is 11.4. The summed E-state index contributed by atoms with van der Waals surface area (Å²) < 4.78 is 18.4. The first-order valence-electron chi connectivity index (χ1n) is 6.49. The minimum Gasteiger partial charge on any atom is -0.396 e. The van der Waals surface area contributed by atoms with Crippen molar-refractivity contribution in [1.82, 2.24) is 0 Å². The van der Waals surface area contributed by atoms with E-state index in [2.05, 4.69) is 12.2 Å². The molecule has 4 nitrogen and oxygen atoms in total. The fraction of sp³-hybridized carbons (Fsp3) is 0.500. The number of ether oxygens (including phenoxy) is 1. The third-order valence-electron chi connectivity index (χ3n) is 2.81. The number of carbonyl (C=O) groups is 1. The van der Waals surface area contributed by atoms with Gasteiger partial charge in [0.2, 0.25) is 5.91 Å². The maximum absolute atomic E-state index is 12.9. The van der Waals surface area contributed by atoms with Crippen LogP contribution in [0.5, 0.6) is 0 Å². The Labute approximate surface area is 113 Å². The highest BCUT2D eigenvalue weighted by molar-refractivity contribution is 5.91. The Hall–Kier alpha value is -1.62. The van der Waals surface area contributed by atoms with E-state index in [1.54, 1.807) is 0 Å². The fourth-order valence-electron chi connectivity index (χ4n) is 1.48. The largest absolute Gasteiger partial charge is 0.396 e. The van der Waals surface area contributed by atoms with Gasteiger partial charge in [-0.2, -0.15) is 0 Å². The van der Waals surface area contributed by atoms with Gasteiger partial charge in [-0.15, -0.1) is 0 Å². The highest BCUT2D eigenvalue weighted by Crippen LogP contribution is 2.16. The Morgan fingerprint density at radius 1 is 1.53 bits per heavy atom. The summed E-state index contributed by atoms with van der Waals surface area (Å²) in [5.74, 6) is -0.612. The number of amides is 1. The summed E-state index contributed by atoms with van der Waals surface area (Å²) in [5.41, 5.74) is 5.95. The lowest BCUT2D eigenvalue weighted by molar-refractivity contribution is -0.116. The smallest absolute Gasteiger partial charge is 0.224 e. The first kappa shape index (κ1) is 15.4. The summed E-state index contributed by atoms with van der Waals surface area (Å²) in [6.07, 6.45) is 2.21. The maximum atomic E-state index is 12.9. The molecule has 1 aromatic carbocycles. The molecule has 0 saturated carbocycles. The molecule has 0 fully saturated rings. The Bertz CT molecular complexity index is 424. The molecule has 1 rings (SSSR count). The van der Waals surface area contributed by atoms with Crippen LogP contribution in [0.2, 0.25) is 0 Å². The van der Waals surface area contributed by atoms with Gasteiger partial charge in [0, 0.05) is 18.7 Å². The van der Waals surface area contributed by atoms with Crippen LogP contribution in [-0.2, 0) is 9.53 Å². The van der Waals surface area contributed by atoms with Crippen LogP contribution in [0.4, 0.5) is 15.8 Å². The lowest BCUT2D eigenvalue weighted by Gasteiger charge is -2.10. The number of nitrogen functional groups attached to an aromatic ring is 1. The topological polar surface area (TPSA) is 64.3 Å². The van der Waals surface area contributed by atoms with E-state index < -0.39 is 5.82 Å². The minimum atomic E-state index is -0.486. The Kier molecular flexibility index (Phi) is 6.29. The lowest BCUT2D eigenvalue weighted by atomic mass is 10.2. The van der Waals surface area contributed by atoms with E-state index in [0.717, 1.165) is 6.42 Å². The highest BCUT2D eigenvalue weighted by atomic mass is 19.1. The van der Waals surface area contributed by atoms with Crippen LogP contribution >= 0.6 is 0 Å². The van der Waals surface area contributed by atoms with E-state index in [-0.39, 0.29) is 17.7 Å². The second kappa shape index (κ2) is 7.74. The number of hydrogen-bond donors (Lipinski definition) is 2. The third-order valence-corrected chi connectivity index (χ3v) is 2.81.